The van der Waals surface area contributed by atoms with Crippen LogP contribution < -0.4 is 11.1 Å². The van der Waals surface area contributed by atoms with Gasteiger partial charge in [0.25, 0.3) is 0 Å². The van der Waals surface area contributed by atoms with Gasteiger partial charge in [-0.25, -0.2) is 9.37 Å². The Morgan fingerprint density at radius 3 is 2.18 bits per heavy atom. The summed E-state index contributed by atoms with van der Waals surface area (Å²) >= 11 is 0. The summed E-state index contributed by atoms with van der Waals surface area (Å²) in [6.45, 7) is 16.4. The molecule has 0 bridgehead atoms. The van der Waals surface area contributed by atoms with E-state index in [1.807, 2.05) is 40.7 Å². The van der Waals surface area contributed by atoms with Gasteiger partial charge in [-0.05, 0) is 84.6 Å². The number of carbonyl (C=O) groups is 1. The Morgan fingerprint density at radius 2 is 1.85 bits per heavy atom. The molecule has 1 aromatic heterocycles. The minimum absolute atomic E-state index is 0.0303. The summed E-state index contributed by atoms with van der Waals surface area (Å²) in [5.41, 5.74) is 7.98. The molecule has 0 spiro atoms. The molecule has 2 fully saturated rings. The number of H-pyrrole nitrogens is 1. The van der Waals surface area contributed by atoms with Gasteiger partial charge in [-0.1, -0.05) is 26.3 Å². The van der Waals surface area contributed by atoms with Crippen LogP contribution >= 0.6 is 0 Å². The summed E-state index contributed by atoms with van der Waals surface area (Å²) in [6, 6.07) is -0.0303. The average Bonchev–Trinajstić information content (AvgIpc) is 3.17. The maximum absolute atomic E-state index is 13.7. The van der Waals surface area contributed by atoms with Gasteiger partial charge in [0.05, 0.1) is 5.69 Å². The highest BCUT2D eigenvalue weighted by Crippen LogP contribution is 2.39. The number of nitrogens with one attached hydrogen (secondary N) is 3. The summed E-state index contributed by atoms with van der Waals surface area (Å²) in [7, 11) is 0. The van der Waals surface area contributed by atoms with E-state index in [1.165, 1.54) is 5.57 Å². The van der Waals surface area contributed by atoms with E-state index in [-0.39, 0.29) is 11.9 Å². The fourth-order valence-corrected chi connectivity index (χ4v) is 3.75. The predicted molar refractivity (Wildman–Crippen MR) is 137 cm³/mol. The van der Waals surface area contributed by atoms with Gasteiger partial charge < -0.3 is 21.4 Å². The monoisotopic (exact) mass is 465 g/mol. The van der Waals surface area contributed by atoms with Crippen LogP contribution in [0, 0.1) is 24.2 Å². The zero-order valence-electron chi connectivity index (χ0n) is 22.1. The highest BCUT2D eigenvalue weighted by molar-refractivity contribution is 5.90. The van der Waals surface area contributed by atoms with Crippen LogP contribution in [0.2, 0.25) is 0 Å². The number of imidazole rings is 1. The van der Waals surface area contributed by atoms with E-state index in [0.717, 1.165) is 43.7 Å². The molecule has 2 aliphatic rings. The summed E-state index contributed by atoms with van der Waals surface area (Å²) in [4.78, 5) is 17.8. The molecule has 1 aliphatic heterocycles. The molecule has 1 aliphatic carbocycles. The number of nitrogens with two attached hydrogens (primary N) is 1. The van der Waals surface area contributed by atoms with Gasteiger partial charge in [-0.2, -0.15) is 0 Å². The van der Waals surface area contributed by atoms with Gasteiger partial charge in [0.2, 0.25) is 5.91 Å². The summed E-state index contributed by atoms with van der Waals surface area (Å²) in [5, 5.41) is 9.74. The van der Waals surface area contributed by atoms with Crippen molar-refractivity contribution >= 4 is 11.6 Å². The Balaban J connectivity index is 0.000000507. The van der Waals surface area contributed by atoms with E-state index in [9.17, 15) is 9.18 Å². The number of aromatic nitrogens is 2. The van der Waals surface area contributed by atoms with Crippen LogP contribution in [-0.4, -0.2) is 33.8 Å². The number of aryl methyl sites for hydroxylation is 1. The van der Waals surface area contributed by atoms with E-state index in [1.54, 1.807) is 20.0 Å². The number of alkyl halides is 1. The molecule has 33 heavy (non-hydrogen) atoms. The lowest BCUT2D eigenvalue weighted by Crippen LogP contribution is -2.33. The quantitative estimate of drug-likeness (QED) is 0.400. The largest absolute Gasteiger partial charge is 0.356 e. The summed E-state index contributed by atoms with van der Waals surface area (Å²) in [5.74, 6) is 2.16. The van der Waals surface area contributed by atoms with E-state index < -0.39 is 5.67 Å². The second-order valence-electron chi connectivity index (χ2n) is 9.55. The molecule has 1 saturated carbocycles. The van der Waals surface area contributed by atoms with Crippen LogP contribution in [0.5, 0.6) is 0 Å². The lowest BCUT2D eigenvalue weighted by atomic mass is 9.77. The number of carbonyl (C=O) groups excluding carboxylic acids is 1. The molecule has 2 atom stereocenters. The van der Waals surface area contributed by atoms with Crippen molar-refractivity contribution in [1.82, 2.24) is 15.3 Å². The molecule has 3 rings (SSSR count). The first-order valence-corrected chi connectivity index (χ1v) is 12.3. The Morgan fingerprint density at radius 1 is 1.27 bits per heavy atom. The third kappa shape index (κ3) is 14.0. The number of nitrogens with zero attached hydrogens (tertiary/aromatic N) is 1. The Labute approximate surface area is 200 Å². The number of rotatable bonds is 3. The first-order valence-electron chi connectivity index (χ1n) is 12.3. The number of hydrogen-bond donors (Lipinski definition) is 4. The van der Waals surface area contributed by atoms with E-state index >= 15 is 0 Å². The molecule has 190 valence electrons. The van der Waals surface area contributed by atoms with Gasteiger partial charge >= 0.3 is 0 Å². The van der Waals surface area contributed by atoms with Crippen LogP contribution in [0.25, 0.3) is 0 Å². The second kappa shape index (κ2) is 15.8. The molecule has 2 unspecified atom stereocenters. The maximum atomic E-state index is 13.7. The van der Waals surface area contributed by atoms with Crippen molar-refractivity contribution in [2.45, 2.75) is 106 Å². The topological polar surface area (TPSA) is 108 Å². The third-order valence-corrected chi connectivity index (χ3v) is 5.68. The van der Waals surface area contributed by atoms with Crippen molar-refractivity contribution in [3.8, 4) is 0 Å². The lowest BCUT2D eigenvalue weighted by Gasteiger charge is -2.33. The second-order valence-corrected chi connectivity index (χ2v) is 9.55. The fourth-order valence-electron chi connectivity index (χ4n) is 3.75. The molecular formula is C26H48FN5O. The molecule has 1 amide bonds. The number of piperidine rings is 1. The first-order chi connectivity index (χ1) is 15.4. The van der Waals surface area contributed by atoms with Crippen LogP contribution in [0.15, 0.2) is 17.8 Å². The van der Waals surface area contributed by atoms with Gasteiger partial charge in [0.15, 0.2) is 0 Å². The fraction of sp³-hybridized carbons (Fsp3) is 0.731. The van der Waals surface area contributed by atoms with Crippen molar-refractivity contribution in [1.29, 1.82) is 5.41 Å². The maximum Gasteiger partial charge on any atom is 0.220 e. The van der Waals surface area contributed by atoms with Crippen molar-refractivity contribution < 1.29 is 9.18 Å². The Kier molecular flexibility index (Phi) is 14.8. The number of allylic oxidation sites excluding steroid dienone is 2. The zero-order valence-corrected chi connectivity index (χ0v) is 22.1. The minimum atomic E-state index is -0.986. The molecule has 0 aromatic carbocycles. The molecule has 1 saturated heterocycles. The highest BCUT2D eigenvalue weighted by Gasteiger charge is 2.33. The predicted octanol–water partition coefficient (Wildman–Crippen LogP) is 6.19. The number of hydrogen-bond acceptors (Lipinski definition) is 4. The number of halogens is 1. The van der Waals surface area contributed by atoms with Crippen molar-refractivity contribution in [3.05, 3.63) is 29.4 Å². The van der Waals surface area contributed by atoms with E-state index in [0.29, 0.717) is 30.4 Å². The molecule has 5 N–H and O–H groups in total. The van der Waals surface area contributed by atoms with Crippen molar-refractivity contribution in [3.63, 3.8) is 0 Å². The van der Waals surface area contributed by atoms with Gasteiger partial charge in [0, 0.05) is 30.9 Å². The van der Waals surface area contributed by atoms with Gasteiger partial charge in [0.1, 0.15) is 11.5 Å². The first kappa shape index (κ1) is 31.0. The van der Waals surface area contributed by atoms with Crippen molar-refractivity contribution in [2.75, 3.05) is 6.54 Å². The van der Waals surface area contributed by atoms with Crippen LogP contribution in [0.3, 0.4) is 0 Å². The van der Waals surface area contributed by atoms with Crippen molar-refractivity contribution in [2.24, 2.45) is 17.6 Å². The van der Waals surface area contributed by atoms with Crippen LogP contribution in [-0.2, 0) is 4.79 Å². The minimum Gasteiger partial charge on any atom is -0.356 e. The molecule has 1 aromatic rings. The van der Waals surface area contributed by atoms with E-state index in [2.05, 4.69) is 22.2 Å². The van der Waals surface area contributed by atoms with Gasteiger partial charge in [-0.3, -0.25) is 4.79 Å². The summed E-state index contributed by atoms with van der Waals surface area (Å²) in [6.07, 6.45) is 8.39. The van der Waals surface area contributed by atoms with Crippen LogP contribution in [0.1, 0.15) is 105 Å². The highest BCUT2D eigenvalue weighted by atomic mass is 19.1. The zero-order chi connectivity index (χ0) is 25.6. The molecule has 0 radical (unpaired) electrons. The van der Waals surface area contributed by atoms with E-state index in [4.69, 9.17) is 11.1 Å². The lowest BCUT2D eigenvalue weighted by molar-refractivity contribution is -0.122. The smallest absolute Gasteiger partial charge is 0.220 e. The molecule has 2 heterocycles. The molecule has 6 nitrogen and oxygen atoms in total. The standard InChI is InChI=1S/C12H20FN3.C6H11NO.C6H11N.C2H6/c1-8-15-7-10(16-8)11(14)9-3-5-12(2,13)6-4-9;1-5-2-3-6(8)7-4-5;1-5(2)4-6(3)7;1-2/h7,9,11H,3-6,14H2,1-2H3,(H,15,16);5H,2-4H2,1H3,(H,7,8);4,7H,1-3H3;1-2H3. The van der Waals surface area contributed by atoms with Crippen LogP contribution in [0.4, 0.5) is 4.39 Å². The molecular weight excluding hydrogens is 417 g/mol. The molecule has 7 heteroatoms. The third-order valence-electron chi connectivity index (χ3n) is 5.68. The number of aromatic amines is 1. The van der Waals surface area contributed by atoms with Gasteiger partial charge in [-0.15, -0.1) is 0 Å². The number of amides is 1. The Bertz CT molecular complexity index is 717. The summed E-state index contributed by atoms with van der Waals surface area (Å²) < 4.78 is 13.7. The Hall–Kier alpha value is -2.02. The average molecular weight is 466 g/mol. The normalized spacial score (nSPS) is 24.8. The SMILES string of the molecule is CC.CC(=N)C=C(C)C.CC1CCC(=O)NC1.Cc1ncc(C(N)C2CCC(C)(F)CC2)[nH]1.